The van der Waals surface area contributed by atoms with Crippen LogP contribution in [0.5, 0.6) is 0 Å². The third kappa shape index (κ3) is 3.41. The fourth-order valence-corrected chi connectivity index (χ4v) is 3.74. The Kier molecular flexibility index (Phi) is 5.21. The minimum atomic E-state index is -0.708. The number of aryl methyl sites for hydroxylation is 1. The molecule has 8 nitrogen and oxygen atoms in total. The number of carbonyl (C=O) groups excluding carboxylic acids is 1. The number of thiazole rings is 1. The molecule has 0 spiro atoms. The molecule has 2 aromatic heterocycles. The Balaban J connectivity index is 2.13. The third-order valence-electron chi connectivity index (χ3n) is 3.73. The van der Waals surface area contributed by atoms with Crippen molar-refractivity contribution in [2.75, 3.05) is 13.7 Å². The number of ether oxygens (including phenoxy) is 1. The van der Waals surface area contributed by atoms with Gasteiger partial charge in [0.05, 0.1) is 22.9 Å². The molecule has 136 valence electrons. The van der Waals surface area contributed by atoms with Gasteiger partial charge in [0.1, 0.15) is 4.92 Å². The van der Waals surface area contributed by atoms with Crippen molar-refractivity contribution in [3.63, 3.8) is 0 Å². The van der Waals surface area contributed by atoms with Crippen LogP contribution in [0.15, 0.2) is 33.7 Å². The summed E-state index contributed by atoms with van der Waals surface area (Å²) in [5.74, 6) is -1.39. The second-order valence-electron chi connectivity index (χ2n) is 5.36. The summed E-state index contributed by atoms with van der Waals surface area (Å²) in [6.07, 6.45) is 0. The maximum Gasteiger partial charge on any atom is 0.433 e. The van der Waals surface area contributed by atoms with Gasteiger partial charge in [-0.05, 0) is 30.7 Å². The molecule has 1 aromatic carbocycles. The van der Waals surface area contributed by atoms with E-state index in [1.165, 1.54) is 17.4 Å². The number of fused-ring (bicyclic) bond motifs is 1. The topological polar surface area (TPSA) is 99.9 Å². The van der Waals surface area contributed by atoms with E-state index in [1.807, 2.05) is 17.6 Å². The van der Waals surface area contributed by atoms with Crippen molar-refractivity contribution < 1.29 is 18.9 Å². The number of methoxy groups -OCH3 is 1. The molecule has 0 fully saturated rings. The first-order valence-electron chi connectivity index (χ1n) is 7.53. The molecule has 0 saturated heterocycles. The molecule has 0 radical (unpaired) electrons. The fraction of sp³-hybridized carbons (Fsp3) is 0.250. The van der Waals surface area contributed by atoms with Crippen LogP contribution in [-0.2, 0) is 11.3 Å². The Morgan fingerprint density at radius 3 is 2.85 bits per heavy atom. The first-order valence-corrected chi connectivity index (χ1v) is 8.72. The quantitative estimate of drug-likeness (QED) is 0.485. The maximum atomic E-state index is 12.4. The zero-order valence-electron chi connectivity index (χ0n) is 13.9. The Bertz CT molecular complexity index is 1070. The molecule has 0 aliphatic rings. The monoisotopic (exact) mass is 395 g/mol. The number of amides is 1. The Morgan fingerprint density at radius 2 is 2.19 bits per heavy atom. The van der Waals surface area contributed by atoms with Gasteiger partial charge in [0.15, 0.2) is 4.80 Å². The van der Waals surface area contributed by atoms with Crippen LogP contribution in [0.3, 0.4) is 0 Å². The van der Waals surface area contributed by atoms with Crippen LogP contribution in [0.4, 0.5) is 5.88 Å². The van der Waals surface area contributed by atoms with E-state index in [0.717, 1.165) is 21.8 Å². The van der Waals surface area contributed by atoms with Gasteiger partial charge >= 0.3 is 11.8 Å². The first-order chi connectivity index (χ1) is 12.4. The van der Waals surface area contributed by atoms with Gasteiger partial charge in [0.2, 0.25) is 5.76 Å². The van der Waals surface area contributed by atoms with Crippen molar-refractivity contribution in [2.45, 2.75) is 13.5 Å². The Hall–Kier alpha value is -2.49. The summed E-state index contributed by atoms with van der Waals surface area (Å²) < 4.78 is 12.8. The molecule has 0 bridgehead atoms. The minimum Gasteiger partial charge on any atom is -0.395 e. The molecule has 0 N–H and O–H groups in total. The van der Waals surface area contributed by atoms with E-state index in [9.17, 15) is 14.9 Å². The van der Waals surface area contributed by atoms with Crippen LogP contribution >= 0.6 is 22.9 Å². The molecule has 26 heavy (non-hydrogen) atoms. The Morgan fingerprint density at radius 1 is 1.42 bits per heavy atom. The molecule has 3 aromatic rings. The van der Waals surface area contributed by atoms with Crippen LogP contribution in [0.1, 0.15) is 16.1 Å². The number of nitrogens with zero attached hydrogens (tertiary/aromatic N) is 3. The first kappa shape index (κ1) is 18.3. The van der Waals surface area contributed by atoms with Crippen LogP contribution in [0, 0.1) is 17.0 Å². The van der Waals surface area contributed by atoms with Crippen molar-refractivity contribution in [1.82, 2.24) is 4.57 Å². The smallest absolute Gasteiger partial charge is 0.395 e. The lowest BCUT2D eigenvalue weighted by atomic mass is 10.2. The number of nitro groups is 1. The molecular weight excluding hydrogens is 382 g/mol. The van der Waals surface area contributed by atoms with Crippen molar-refractivity contribution in [3.05, 3.63) is 55.5 Å². The molecule has 0 unspecified atom stereocenters. The second-order valence-corrected chi connectivity index (χ2v) is 6.78. The molecule has 0 atom stereocenters. The SMILES string of the molecule is COCCn1c(=NC(=O)c2ccc([N+](=O)[O-])o2)sc2ccc(Cl)c(C)c21. The summed E-state index contributed by atoms with van der Waals surface area (Å²) in [6.45, 7) is 2.79. The molecular formula is C16H14ClN3O5S. The van der Waals surface area contributed by atoms with Crippen molar-refractivity contribution in [1.29, 1.82) is 0 Å². The zero-order chi connectivity index (χ0) is 18.8. The number of rotatable bonds is 5. The average molecular weight is 396 g/mol. The second kappa shape index (κ2) is 7.40. The lowest BCUT2D eigenvalue weighted by Crippen LogP contribution is -2.19. The van der Waals surface area contributed by atoms with E-state index in [-0.39, 0.29) is 5.76 Å². The molecule has 1 amide bonds. The molecule has 10 heteroatoms. The summed E-state index contributed by atoms with van der Waals surface area (Å²) in [7, 11) is 1.58. The highest BCUT2D eigenvalue weighted by atomic mass is 35.5. The highest BCUT2D eigenvalue weighted by molar-refractivity contribution is 7.16. The van der Waals surface area contributed by atoms with Gasteiger partial charge in [-0.15, -0.1) is 0 Å². The summed E-state index contributed by atoms with van der Waals surface area (Å²) in [5, 5.41) is 11.3. The minimum absolute atomic E-state index is 0.192. The fourth-order valence-electron chi connectivity index (χ4n) is 2.47. The number of benzene rings is 1. The van der Waals surface area contributed by atoms with Crippen LogP contribution in [0.2, 0.25) is 5.02 Å². The van der Waals surface area contributed by atoms with Gasteiger partial charge in [-0.25, -0.2) is 0 Å². The van der Waals surface area contributed by atoms with Crippen LogP contribution in [-0.4, -0.2) is 29.1 Å². The van der Waals surface area contributed by atoms with E-state index >= 15 is 0 Å². The van der Waals surface area contributed by atoms with Gasteiger partial charge < -0.3 is 13.7 Å². The largest absolute Gasteiger partial charge is 0.433 e. The predicted octanol–water partition coefficient (Wildman–Crippen LogP) is 3.55. The highest BCUT2D eigenvalue weighted by Crippen LogP contribution is 2.27. The van der Waals surface area contributed by atoms with E-state index in [1.54, 1.807) is 13.2 Å². The van der Waals surface area contributed by atoms with Gasteiger partial charge in [-0.2, -0.15) is 4.99 Å². The lowest BCUT2D eigenvalue weighted by molar-refractivity contribution is -0.402. The molecule has 0 aliphatic heterocycles. The summed E-state index contributed by atoms with van der Waals surface area (Å²) in [5.41, 5.74) is 1.75. The number of halogens is 1. The van der Waals surface area contributed by atoms with Crippen molar-refractivity contribution in [3.8, 4) is 0 Å². The molecule has 2 heterocycles. The number of furan rings is 1. The normalized spacial score (nSPS) is 12.0. The number of carbonyl (C=O) groups is 1. The van der Waals surface area contributed by atoms with E-state index in [2.05, 4.69) is 4.99 Å². The molecule has 0 saturated carbocycles. The molecule has 0 aliphatic carbocycles. The molecule has 3 rings (SSSR count). The lowest BCUT2D eigenvalue weighted by Gasteiger charge is -2.07. The number of aromatic nitrogens is 1. The highest BCUT2D eigenvalue weighted by Gasteiger charge is 2.18. The maximum absolute atomic E-state index is 12.4. The summed E-state index contributed by atoms with van der Waals surface area (Å²) in [6, 6.07) is 6.01. The third-order valence-corrected chi connectivity index (χ3v) is 5.18. The number of hydrogen-bond acceptors (Lipinski definition) is 6. The van der Waals surface area contributed by atoms with Gasteiger partial charge in [0, 0.05) is 18.7 Å². The van der Waals surface area contributed by atoms with E-state index in [0.29, 0.717) is 23.0 Å². The van der Waals surface area contributed by atoms with Crippen LogP contribution < -0.4 is 4.80 Å². The van der Waals surface area contributed by atoms with Crippen molar-refractivity contribution in [2.24, 2.45) is 4.99 Å². The summed E-state index contributed by atoms with van der Waals surface area (Å²) >= 11 is 7.54. The van der Waals surface area contributed by atoms with E-state index in [4.69, 9.17) is 20.8 Å². The standard InChI is InChI=1S/C16H14ClN3O5S/c1-9-10(17)3-5-12-14(9)19(7-8-24-2)16(26-12)18-15(21)11-4-6-13(25-11)20(22)23/h3-6H,7-8H2,1-2H3. The van der Waals surface area contributed by atoms with Gasteiger partial charge in [0.25, 0.3) is 0 Å². The van der Waals surface area contributed by atoms with Gasteiger partial charge in [-0.1, -0.05) is 22.9 Å². The van der Waals surface area contributed by atoms with Crippen LogP contribution in [0.25, 0.3) is 10.2 Å². The number of hydrogen-bond donors (Lipinski definition) is 0. The van der Waals surface area contributed by atoms with Crippen molar-refractivity contribution >= 4 is 44.9 Å². The predicted molar refractivity (Wildman–Crippen MR) is 96.7 cm³/mol. The Labute approximate surface area is 156 Å². The zero-order valence-corrected chi connectivity index (χ0v) is 15.5. The van der Waals surface area contributed by atoms with Gasteiger partial charge in [-0.3, -0.25) is 14.9 Å². The van der Waals surface area contributed by atoms with E-state index < -0.39 is 16.7 Å². The summed E-state index contributed by atoms with van der Waals surface area (Å²) in [4.78, 5) is 26.9. The average Bonchev–Trinajstić information content (AvgIpc) is 3.22.